The number of urea groups is 1. The van der Waals surface area contributed by atoms with Crippen molar-refractivity contribution in [3.63, 3.8) is 0 Å². The maximum absolute atomic E-state index is 12.0. The summed E-state index contributed by atoms with van der Waals surface area (Å²) >= 11 is 0. The van der Waals surface area contributed by atoms with Crippen molar-refractivity contribution in [2.24, 2.45) is 5.92 Å². The third kappa shape index (κ3) is 3.25. The van der Waals surface area contributed by atoms with E-state index in [9.17, 15) is 4.79 Å². The van der Waals surface area contributed by atoms with Crippen LogP contribution in [0.4, 0.5) is 4.79 Å². The molecule has 5 heteroatoms. The molecule has 126 valence electrons. The summed E-state index contributed by atoms with van der Waals surface area (Å²) in [6.07, 6.45) is 4.48. The van der Waals surface area contributed by atoms with Gasteiger partial charge in [0, 0.05) is 38.1 Å². The molecular weight excluding hydrogens is 290 g/mol. The first-order valence-electron chi connectivity index (χ1n) is 9.06. The third-order valence-electron chi connectivity index (χ3n) is 5.65. The van der Waals surface area contributed by atoms with Crippen molar-refractivity contribution < 1.29 is 9.21 Å². The van der Waals surface area contributed by atoms with E-state index in [1.807, 2.05) is 4.90 Å². The van der Waals surface area contributed by atoms with Crippen LogP contribution in [0.5, 0.6) is 0 Å². The molecule has 3 fully saturated rings. The molecule has 4 rings (SSSR count). The molecule has 1 aromatic rings. The normalized spacial score (nSPS) is 29.6. The fourth-order valence-electron chi connectivity index (χ4n) is 4.00. The number of nitrogens with one attached hydrogen (secondary N) is 1. The van der Waals surface area contributed by atoms with Gasteiger partial charge in [-0.3, -0.25) is 4.90 Å². The zero-order valence-electron chi connectivity index (χ0n) is 14.0. The summed E-state index contributed by atoms with van der Waals surface area (Å²) in [6.45, 7) is 7.02. The Morgan fingerprint density at radius 3 is 2.74 bits per heavy atom. The van der Waals surface area contributed by atoms with Crippen molar-refractivity contribution in [3.05, 3.63) is 23.7 Å². The maximum Gasteiger partial charge on any atom is 0.317 e. The lowest BCUT2D eigenvalue weighted by molar-refractivity contribution is 0.105. The monoisotopic (exact) mass is 317 g/mol. The molecule has 1 saturated carbocycles. The molecule has 0 radical (unpaired) electrons. The van der Waals surface area contributed by atoms with Crippen LogP contribution in [0.25, 0.3) is 0 Å². The Morgan fingerprint density at radius 2 is 2.04 bits per heavy atom. The van der Waals surface area contributed by atoms with Gasteiger partial charge in [-0.15, -0.1) is 0 Å². The Labute approximate surface area is 138 Å². The van der Waals surface area contributed by atoms with Crippen molar-refractivity contribution in [1.82, 2.24) is 15.1 Å². The summed E-state index contributed by atoms with van der Waals surface area (Å²) in [5, 5.41) is 2.96. The van der Waals surface area contributed by atoms with E-state index in [1.165, 1.54) is 12.2 Å². The van der Waals surface area contributed by atoms with Gasteiger partial charge in [0.05, 0.1) is 6.54 Å². The number of carbonyl (C=O) groups excluding carboxylic acids is 1. The molecule has 0 unspecified atom stereocenters. The lowest BCUT2D eigenvalue weighted by atomic mass is 10.0. The quantitative estimate of drug-likeness (QED) is 0.929. The molecule has 0 aromatic carbocycles. The number of likely N-dealkylation sites (tertiary alicyclic amines) is 1. The Bertz CT molecular complexity index is 562. The zero-order valence-corrected chi connectivity index (χ0v) is 14.0. The van der Waals surface area contributed by atoms with E-state index in [2.05, 4.69) is 29.3 Å². The Kier molecular flexibility index (Phi) is 4.05. The van der Waals surface area contributed by atoms with Gasteiger partial charge in [-0.1, -0.05) is 6.92 Å². The fraction of sp³-hybridized carbons (Fsp3) is 0.722. The first kappa shape index (κ1) is 15.1. The van der Waals surface area contributed by atoms with E-state index in [0.29, 0.717) is 12.0 Å². The van der Waals surface area contributed by atoms with Crippen molar-refractivity contribution in [2.45, 2.75) is 51.1 Å². The average molecular weight is 317 g/mol. The molecule has 2 saturated heterocycles. The maximum atomic E-state index is 12.0. The molecule has 0 spiro atoms. The van der Waals surface area contributed by atoms with Crippen molar-refractivity contribution in [1.29, 1.82) is 0 Å². The summed E-state index contributed by atoms with van der Waals surface area (Å²) in [4.78, 5) is 16.4. The van der Waals surface area contributed by atoms with Gasteiger partial charge in [-0.2, -0.15) is 0 Å². The topological polar surface area (TPSA) is 48.7 Å². The zero-order chi connectivity index (χ0) is 15.8. The number of hydrogen-bond acceptors (Lipinski definition) is 3. The van der Waals surface area contributed by atoms with Crippen LogP contribution in [0.2, 0.25) is 0 Å². The van der Waals surface area contributed by atoms with E-state index in [1.54, 1.807) is 0 Å². The highest BCUT2D eigenvalue weighted by Crippen LogP contribution is 2.47. The molecule has 1 aliphatic carbocycles. The second-order valence-corrected chi connectivity index (χ2v) is 7.41. The number of hydrogen-bond donors (Lipinski definition) is 1. The minimum Gasteiger partial charge on any atom is -0.464 e. The van der Waals surface area contributed by atoms with E-state index >= 15 is 0 Å². The average Bonchev–Trinajstić information content (AvgIpc) is 3.11. The number of carbonyl (C=O) groups is 1. The predicted octanol–water partition coefficient (Wildman–Crippen LogP) is 2.78. The van der Waals surface area contributed by atoms with Crippen LogP contribution in [0, 0.1) is 5.92 Å². The summed E-state index contributed by atoms with van der Waals surface area (Å²) in [7, 11) is 0. The van der Waals surface area contributed by atoms with E-state index < -0.39 is 0 Å². The summed E-state index contributed by atoms with van der Waals surface area (Å²) in [5.74, 6) is 3.72. The first-order chi connectivity index (χ1) is 11.2. The van der Waals surface area contributed by atoms with E-state index in [-0.39, 0.29) is 6.03 Å². The van der Waals surface area contributed by atoms with E-state index in [0.717, 1.165) is 63.7 Å². The lowest BCUT2D eigenvalue weighted by Gasteiger charge is -2.40. The molecule has 1 N–H and O–H groups in total. The number of nitrogens with zero attached hydrogens (tertiary/aromatic N) is 2. The van der Waals surface area contributed by atoms with Crippen LogP contribution < -0.4 is 5.32 Å². The van der Waals surface area contributed by atoms with Gasteiger partial charge in [0.25, 0.3) is 0 Å². The predicted molar refractivity (Wildman–Crippen MR) is 88.3 cm³/mol. The van der Waals surface area contributed by atoms with Gasteiger partial charge in [0.2, 0.25) is 0 Å². The SMILES string of the molecule is C[C@H]1C[C@@H]1c1ccc(CN2CCC(N3CCCNC3=O)CC2)o1. The third-order valence-corrected chi connectivity index (χ3v) is 5.65. The number of piperidine rings is 1. The molecule has 5 nitrogen and oxygen atoms in total. The highest BCUT2D eigenvalue weighted by molar-refractivity contribution is 5.75. The van der Waals surface area contributed by atoms with Gasteiger partial charge >= 0.3 is 6.03 Å². The highest BCUT2D eigenvalue weighted by atomic mass is 16.3. The largest absolute Gasteiger partial charge is 0.464 e. The molecule has 23 heavy (non-hydrogen) atoms. The number of rotatable bonds is 4. The Morgan fingerprint density at radius 1 is 1.26 bits per heavy atom. The highest BCUT2D eigenvalue weighted by Gasteiger charge is 2.36. The van der Waals surface area contributed by atoms with Crippen molar-refractivity contribution in [3.8, 4) is 0 Å². The van der Waals surface area contributed by atoms with Gasteiger partial charge < -0.3 is 14.6 Å². The summed E-state index contributed by atoms with van der Waals surface area (Å²) in [5.41, 5.74) is 0. The molecule has 0 bridgehead atoms. The Hall–Kier alpha value is -1.49. The Balaban J connectivity index is 1.28. The molecule has 3 heterocycles. The minimum atomic E-state index is 0.129. The number of amides is 2. The lowest BCUT2D eigenvalue weighted by Crippen LogP contribution is -2.54. The fourth-order valence-corrected chi connectivity index (χ4v) is 4.00. The van der Waals surface area contributed by atoms with Gasteiger partial charge in [-0.25, -0.2) is 4.79 Å². The van der Waals surface area contributed by atoms with Crippen LogP contribution in [-0.2, 0) is 6.54 Å². The smallest absolute Gasteiger partial charge is 0.317 e. The standard InChI is InChI=1S/C18H27N3O2/c1-13-11-16(13)17-4-3-15(23-17)12-20-9-5-14(6-10-20)21-8-2-7-19-18(21)22/h3-4,13-14,16H,2,5-12H2,1H3,(H,19,22)/t13-,16-/m0/s1. The first-order valence-corrected chi connectivity index (χ1v) is 9.06. The molecule has 1 aromatic heterocycles. The molecule has 2 atom stereocenters. The molecule has 2 aliphatic heterocycles. The van der Waals surface area contributed by atoms with Crippen molar-refractivity contribution in [2.75, 3.05) is 26.2 Å². The molecular formula is C18H27N3O2. The second kappa shape index (κ2) is 6.19. The van der Waals surface area contributed by atoms with Crippen LogP contribution >= 0.6 is 0 Å². The van der Waals surface area contributed by atoms with Gasteiger partial charge in [0.15, 0.2) is 0 Å². The van der Waals surface area contributed by atoms with Gasteiger partial charge in [-0.05, 0) is 43.7 Å². The molecule has 3 aliphatic rings. The van der Waals surface area contributed by atoms with Crippen LogP contribution in [0.15, 0.2) is 16.5 Å². The second-order valence-electron chi connectivity index (χ2n) is 7.41. The minimum absolute atomic E-state index is 0.129. The van der Waals surface area contributed by atoms with Crippen molar-refractivity contribution >= 4 is 6.03 Å². The van der Waals surface area contributed by atoms with Crippen LogP contribution in [-0.4, -0.2) is 48.1 Å². The van der Waals surface area contributed by atoms with Gasteiger partial charge in [0.1, 0.15) is 11.5 Å². The van der Waals surface area contributed by atoms with E-state index in [4.69, 9.17) is 4.42 Å². The number of furan rings is 1. The van der Waals surface area contributed by atoms with Crippen LogP contribution in [0.3, 0.4) is 0 Å². The molecule has 2 amide bonds. The summed E-state index contributed by atoms with van der Waals surface area (Å²) < 4.78 is 6.02. The van der Waals surface area contributed by atoms with Crippen LogP contribution in [0.1, 0.15) is 50.0 Å². The summed E-state index contributed by atoms with van der Waals surface area (Å²) in [6, 6.07) is 4.84.